The zero-order chi connectivity index (χ0) is 14.6. The molecule has 1 heterocycles. The quantitative estimate of drug-likeness (QED) is 0.899. The van der Waals surface area contributed by atoms with Gasteiger partial charge in [-0.1, -0.05) is 0 Å². The summed E-state index contributed by atoms with van der Waals surface area (Å²) in [6, 6.07) is 9.03. The van der Waals surface area contributed by atoms with Gasteiger partial charge in [0, 0.05) is 32.5 Å². The molecule has 106 valence electrons. The Bertz CT molecular complexity index is 513. The van der Waals surface area contributed by atoms with E-state index in [4.69, 9.17) is 15.7 Å². The standard InChI is InChI=1S/C15H19N3O2/c1-18(13-4-2-12(10-16)3-5-13)14(19)15(11-17)6-8-20-9-7-15/h2-5H,6-9,11,17H2,1H3. The predicted molar refractivity (Wildman–Crippen MR) is 76.1 cm³/mol. The largest absolute Gasteiger partial charge is 0.381 e. The van der Waals surface area contributed by atoms with Crippen LogP contribution in [-0.2, 0) is 9.53 Å². The fourth-order valence-corrected chi connectivity index (χ4v) is 2.50. The van der Waals surface area contributed by atoms with Gasteiger partial charge < -0.3 is 15.4 Å². The third-order valence-electron chi connectivity index (χ3n) is 3.98. The van der Waals surface area contributed by atoms with Gasteiger partial charge in [0.1, 0.15) is 0 Å². The molecule has 1 saturated heterocycles. The third-order valence-corrected chi connectivity index (χ3v) is 3.98. The second-order valence-corrected chi connectivity index (χ2v) is 5.12. The molecule has 1 amide bonds. The highest BCUT2D eigenvalue weighted by molar-refractivity contribution is 5.97. The van der Waals surface area contributed by atoms with Crippen molar-refractivity contribution in [3.05, 3.63) is 29.8 Å². The summed E-state index contributed by atoms with van der Waals surface area (Å²) in [6.45, 7) is 1.48. The molecule has 0 aliphatic carbocycles. The Morgan fingerprint density at radius 1 is 1.40 bits per heavy atom. The van der Waals surface area contributed by atoms with Gasteiger partial charge in [0.25, 0.3) is 0 Å². The molecule has 0 saturated carbocycles. The number of nitrogens with zero attached hydrogens (tertiary/aromatic N) is 2. The normalized spacial score (nSPS) is 17.2. The first-order valence-corrected chi connectivity index (χ1v) is 6.69. The van der Waals surface area contributed by atoms with Crippen molar-refractivity contribution in [1.82, 2.24) is 0 Å². The number of amides is 1. The fraction of sp³-hybridized carbons (Fsp3) is 0.467. The van der Waals surface area contributed by atoms with Gasteiger partial charge in [-0.25, -0.2) is 0 Å². The average Bonchev–Trinajstić information content (AvgIpc) is 2.54. The van der Waals surface area contributed by atoms with E-state index in [1.807, 2.05) is 0 Å². The van der Waals surface area contributed by atoms with Crippen LogP contribution in [-0.4, -0.2) is 32.7 Å². The molecule has 0 aromatic heterocycles. The average molecular weight is 273 g/mol. The molecule has 5 nitrogen and oxygen atoms in total. The van der Waals surface area contributed by atoms with Crippen molar-refractivity contribution in [2.45, 2.75) is 12.8 Å². The summed E-state index contributed by atoms with van der Waals surface area (Å²) < 4.78 is 5.33. The molecule has 1 aliphatic heterocycles. The Morgan fingerprint density at radius 3 is 2.50 bits per heavy atom. The smallest absolute Gasteiger partial charge is 0.234 e. The summed E-state index contributed by atoms with van der Waals surface area (Å²) in [5.74, 6) is 0.0213. The molecule has 20 heavy (non-hydrogen) atoms. The summed E-state index contributed by atoms with van der Waals surface area (Å²) in [4.78, 5) is 14.4. The van der Waals surface area contributed by atoms with E-state index in [9.17, 15) is 4.79 Å². The van der Waals surface area contributed by atoms with Crippen molar-refractivity contribution < 1.29 is 9.53 Å². The lowest BCUT2D eigenvalue weighted by Gasteiger charge is -2.37. The van der Waals surface area contributed by atoms with E-state index >= 15 is 0 Å². The van der Waals surface area contributed by atoms with Gasteiger partial charge >= 0.3 is 0 Å². The number of benzene rings is 1. The maximum atomic E-state index is 12.7. The summed E-state index contributed by atoms with van der Waals surface area (Å²) >= 11 is 0. The molecule has 1 aromatic carbocycles. The van der Waals surface area contributed by atoms with Crippen molar-refractivity contribution in [1.29, 1.82) is 5.26 Å². The van der Waals surface area contributed by atoms with Gasteiger partial charge in [0.05, 0.1) is 17.0 Å². The molecule has 1 aromatic rings. The first-order chi connectivity index (χ1) is 9.63. The molecule has 0 unspecified atom stereocenters. The second kappa shape index (κ2) is 6.04. The number of carbonyl (C=O) groups is 1. The van der Waals surface area contributed by atoms with Crippen molar-refractivity contribution in [2.75, 3.05) is 31.7 Å². The minimum atomic E-state index is -0.527. The minimum Gasteiger partial charge on any atom is -0.381 e. The highest BCUT2D eigenvalue weighted by Gasteiger charge is 2.40. The molecule has 2 rings (SSSR count). The fourth-order valence-electron chi connectivity index (χ4n) is 2.50. The van der Waals surface area contributed by atoms with Crippen LogP contribution in [0.4, 0.5) is 5.69 Å². The van der Waals surface area contributed by atoms with E-state index in [0.29, 0.717) is 38.2 Å². The first kappa shape index (κ1) is 14.5. The van der Waals surface area contributed by atoms with Crippen LogP contribution in [0.25, 0.3) is 0 Å². The summed E-state index contributed by atoms with van der Waals surface area (Å²) in [5.41, 5.74) is 6.68. The van der Waals surface area contributed by atoms with Crippen LogP contribution >= 0.6 is 0 Å². The molecule has 2 N–H and O–H groups in total. The molecule has 1 aliphatic rings. The van der Waals surface area contributed by atoms with Crippen molar-refractivity contribution in [3.8, 4) is 6.07 Å². The van der Waals surface area contributed by atoms with Crippen LogP contribution in [0.5, 0.6) is 0 Å². The van der Waals surface area contributed by atoms with Gasteiger partial charge in [-0.15, -0.1) is 0 Å². The van der Waals surface area contributed by atoms with Crippen molar-refractivity contribution >= 4 is 11.6 Å². The number of hydrogen-bond donors (Lipinski definition) is 1. The van der Waals surface area contributed by atoms with Crippen LogP contribution < -0.4 is 10.6 Å². The summed E-state index contributed by atoms with van der Waals surface area (Å²) in [7, 11) is 1.75. The Balaban J connectivity index is 2.20. The Morgan fingerprint density at radius 2 is 2.00 bits per heavy atom. The first-order valence-electron chi connectivity index (χ1n) is 6.69. The monoisotopic (exact) mass is 273 g/mol. The highest BCUT2D eigenvalue weighted by atomic mass is 16.5. The number of carbonyl (C=O) groups excluding carboxylic acids is 1. The second-order valence-electron chi connectivity index (χ2n) is 5.12. The molecule has 0 radical (unpaired) electrons. The van der Waals surface area contributed by atoms with Crippen LogP contribution in [0.2, 0.25) is 0 Å². The number of nitriles is 1. The van der Waals surface area contributed by atoms with Gasteiger partial charge in [-0.2, -0.15) is 5.26 Å². The molecular formula is C15H19N3O2. The van der Waals surface area contributed by atoms with Crippen LogP contribution in [0.3, 0.4) is 0 Å². The molecule has 0 bridgehead atoms. The Hall–Kier alpha value is -1.90. The van der Waals surface area contributed by atoms with E-state index in [0.717, 1.165) is 5.69 Å². The lowest BCUT2D eigenvalue weighted by molar-refractivity contribution is -0.132. The Kier molecular flexibility index (Phi) is 4.38. The zero-order valence-electron chi connectivity index (χ0n) is 11.6. The Labute approximate surface area is 118 Å². The number of anilines is 1. The predicted octanol–water partition coefficient (Wildman–Crippen LogP) is 1.28. The van der Waals surface area contributed by atoms with Gasteiger partial charge in [-0.05, 0) is 37.1 Å². The van der Waals surface area contributed by atoms with Crippen LogP contribution in [0.1, 0.15) is 18.4 Å². The number of rotatable bonds is 3. The van der Waals surface area contributed by atoms with Gasteiger partial charge in [-0.3, -0.25) is 4.79 Å². The maximum absolute atomic E-state index is 12.7. The highest BCUT2D eigenvalue weighted by Crippen LogP contribution is 2.32. The van der Waals surface area contributed by atoms with E-state index in [2.05, 4.69) is 6.07 Å². The van der Waals surface area contributed by atoms with Crippen molar-refractivity contribution in [3.63, 3.8) is 0 Å². The third kappa shape index (κ3) is 2.67. The van der Waals surface area contributed by atoms with Crippen LogP contribution in [0, 0.1) is 16.7 Å². The number of nitrogens with two attached hydrogens (primary N) is 1. The van der Waals surface area contributed by atoms with E-state index in [-0.39, 0.29) is 5.91 Å². The zero-order valence-corrected chi connectivity index (χ0v) is 11.6. The molecule has 1 fully saturated rings. The molecule has 0 atom stereocenters. The number of ether oxygens (including phenoxy) is 1. The summed E-state index contributed by atoms with van der Waals surface area (Å²) in [5, 5.41) is 8.80. The van der Waals surface area contributed by atoms with E-state index in [1.165, 1.54) is 0 Å². The van der Waals surface area contributed by atoms with E-state index < -0.39 is 5.41 Å². The molecular weight excluding hydrogens is 254 g/mol. The topological polar surface area (TPSA) is 79.3 Å². The minimum absolute atomic E-state index is 0.0213. The van der Waals surface area contributed by atoms with Gasteiger partial charge in [0.2, 0.25) is 5.91 Å². The summed E-state index contributed by atoms with van der Waals surface area (Å²) in [6.07, 6.45) is 1.31. The van der Waals surface area contributed by atoms with Crippen molar-refractivity contribution in [2.24, 2.45) is 11.1 Å². The maximum Gasteiger partial charge on any atom is 0.234 e. The van der Waals surface area contributed by atoms with E-state index in [1.54, 1.807) is 36.2 Å². The van der Waals surface area contributed by atoms with Crippen LogP contribution in [0.15, 0.2) is 24.3 Å². The number of hydrogen-bond acceptors (Lipinski definition) is 4. The SMILES string of the molecule is CN(C(=O)C1(CN)CCOCC1)c1ccc(C#N)cc1. The molecule has 5 heteroatoms. The lowest BCUT2D eigenvalue weighted by Crippen LogP contribution is -2.49. The molecule has 0 spiro atoms. The lowest BCUT2D eigenvalue weighted by atomic mass is 9.79. The van der Waals surface area contributed by atoms with Gasteiger partial charge in [0.15, 0.2) is 0 Å².